The fraction of sp³-hybridized carbons (Fsp3) is 0.708. The van der Waals surface area contributed by atoms with E-state index >= 15 is 0 Å². The molecule has 28 heavy (non-hydrogen) atoms. The third-order valence-corrected chi connectivity index (χ3v) is 6.16. The predicted octanol–water partition coefficient (Wildman–Crippen LogP) is 5.53. The van der Waals surface area contributed by atoms with Gasteiger partial charge in [-0.05, 0) is 41.9 Å². The van der Waals surface area contributed by atoms with Crippen molar-refractivity contribution in [3.8, 4) is 11.5 Å². The van der Waals surface area contributed by atoms with E-state index in [-0.39, 0.29) is 23.5 Å². The van der Waals surface area contributed by atoms with Crippen LogP contribution in [0.2, 0.25) is 0 Å². The normalized spacial score (nSPS) is 23.0. The molecule has 1 N–H and O–H groups in total. The van der Waals surface area contributed by atoms with E-state index in [1.165, 1.54) is 25.7 Å². The lowest BCUT2D eigenvalue weighted by Gasteiger charge is -2.37. The van der Waals surface area contributed by atoms with E-state index in [2.05, 4.69) is 20.8 Å². The molecule has 0 spiro atoms. The van der Waals surface area contributed by atoms with E-state index in [9.17, 15) is 9.90 Å². The van der Waals surface area contributed by atoms with Gasteiger partial charge < -0.3 is 14.6 Å². The van der Waals surface area contributed by atoms with Crippen molar-refractivity contribution < 1.29 is 19.4 Å². The van der Waals surface area contributed by atoms with E-state index in [0.717, 1.165) is 12.0 Å². The van der Waals surface area contributed by atoms with Crippen LogP contribution in [0.1, 0.15) is 90.2 Å². The molecule has 0 aliphatic heterocycles. The summed E-state index contributed by atoms with van der Waals surface area (Å²) < 4.78 is 11.4. The summed E-state index contributed by atoms with van der Waals surface area (Å²) in [5.41, 5.74) is 0.489. The van der Waals surface area contributed by atoms with Gasteiger partial charge in [-0.15, -0.1) is 0 Å². The highest BCUT2D eigenvalue weighted by Gasteiger charge is 2.43. The van der Waals surface area contributed by atoms with Crippen molar-refractivity contribution in [2.45, 2.75) is 90.1 Å². The molecule has 1 aromatic rings. The van der Waals surface area contributed by atoms with Crippen LogP contribution in [0.15, 0.2) is 12.1 Å². The van der Waals surface area contributed by atoms with Gasteiger partial charge in [-0.25, -0.2) is 0 Å². The average Bonchev–Trinajstić information content (AvgIpc) is 2.62. The molecular formula is C24H38O4. The summed E-state index contributed by atoms with van der Waals surface area (Å²) in [6.45, 7) is 8.72. The van der Waals surface area contributed by atoms with Gasteiger partial charge in [-0.1, -0.05) is 53.4 Å². The SMILES string of the molecule is CCCCCCC(C)(C)c1cc(OC)c(C2(O)CC(=O)CC(C)C2)c(OC)c1. The highest BCUT2D eigenvalue weighted by atomic mass is 16.5. The average molecular weight is 391 g/mol. The molecule has 4 heteroatoms. The third-order valence-electron chi connectivity index (χ3n) is 6.16. The lowest BCUT2D eigenvalue weighted by atomic mass is 9.72. The van der Waals surface area contributed by atoms with Crippen LogP contribution in [-0.2, 0) is 15.8 Å². The highest BCUT2D eigenvalue weighted by Crippen LogP contribution is 2.48. The molecule has 0 aromatic heterocycles. The number of rotatable bonds is 9. The first-order chi connectivity index (χ1) is 13.2. The van der Waals surface area contributed by atoms with Gasteiger partial charge in [0.15, 0.2) is 0 Å². The zero-order chi connectivity index (χ0) is 20.9. The van der Waals surface area contributed by atoms with Gasteiger partial charge in [0, 0.05) is 12.8 Å². The quantitative estimate of drug-likeness (QED) is 0.563. The van der Waals surface area contributed by atoms with E-state index in [0.29, 0.717) is 29.9 Å². The second-order valence-corrected chi connectivity index (χ2v) is 9.21. The number of ether oxygens (including phenoxy) is 2. The molecule has 0 amide bonds. The van der Waals surface area contributed by atoms with Crippen molar-refractivity contribution >= 4 is 5.78 Å². The number of benzene rings is 1. The Labute approximate surface area is 170 Å². The Morgan fingerprint density at radius 2 is 1.75 bits per heavy atom. The van der Waals surface area contributed by atoms with Gasteiger partial charge >= 0.3 is 0 Å². The number of unbranched alkanes of at least 4 members (excludes halogenated alkanes) is 3. The summed E-state index contributed by atoms with van der Waals surface area (Å²) in [6, 6.07) is 4.05. The Morgan fingerprint density at radius 1 is 1.14 bits per heavy atom. The van der Waals surface area contributed by atoms with Crippen LogP contribution in [0.4, 0.5) is 0 Å². The smallest absolute Gasteiger partial charge is 0.136 e. The Bertz CT molecular complexity index is 654. The number of hydrogen-bond acceptors (Lipinski definition) is 4. The molecule has 2 unspecified atom stereocenters. The molecule has 158 valence electrons. The number of hydrogen-bond donors (Lipinski definition) is 1. The first kappa shape index (κ1) is 22.7. The fourth-order valence-electron chi connectivity index (χ4n) is 4.60. The van der Waals surface area contributed by atoms with Crippen LogP contribution in [-0.4, -0.2) is 25.1 Å². The Kier molecular flexibility index (Phi) is 7.55. The van der Waals surface area contributed by atoms with Crippen LogP contribution < -0.4 is 9.47 Å². The van der Waals surface area contributed by atoms with E-state index in [1.54, 1.807) is 14.2 Å². The Hall–Kier alpha value is -1.55. The van der Waals surface area contributed by atoms with E-state index in [1.807, 2.05) is 19.1 Å². The molecule has 0 radical (unpaired) electrons. The summed E-state index contributed by atoms with van der Waals surface area (Å²) in [6.07, 6.45) is 7.17. The molecule has 1 aromatic carbocycles. The number of carbonyl (C=O) groups is 1. The molecule has 1 aliphatic carbocycles. The summed E-state index contributed by atoms with van der Waals surface area (Å²) in [5.74, 6) is 1.45. The van der Waals surface area contributed by atoms with Crippen molar-refractivity contribution in [3.05, 3.63) is 23.3 Å². The maximum atomic E-state index is 12.2. The number of ketones is 1. The van der Waals surface area contributed by atoms with Gasteiger partial charge in [-0.2, -0.15) is 0 Å². The zero-order valence-electron chi connectivity index (χ0n) is 18.6. The first-order valence-electron chi connectivity index (χ1n) is 10.7. The lowest BCUT2D eigenvalue weighted by Crippen LogP contribution is -2.37. The van der Waals surface area contributed by atoms with E-state index < -0.39 is 5.60 Å². The molecule has 1 fully saturated rings. The fourth-order valence-corrected chi connectivity index (χ4v) is 4.60. The third kappa shape index (κ3) is 5.08. The summed E-state index contributed by atoms with van der Waals surface area (Å²) in [4.78, 5) is 12.2. The van der Waals surface area contributed by atoms with Crippen molar-refractivity contribution in [3.63, 3.8) is 0 Å². The van der Waals surface area contributed by atoms with Crippen LogP contribution in [0, 0.1) is 5.92 Å². The number of carbonyl (C=O) groups excluding carboxylic acids is 1. The first-order valence-corrected chi connectivity index (χ1v) is 10.7. The monoisotopic (exact) mass is 390 g/mol. The topological polar surface area (TPSA) is 55.8 Å². The Morgan fingerprint density at radius 3 is 2.25 bits per heavy atom. The largest absolute Gasteiger partial charge is 0.496 e. The standard InChI is InChI=1S/C24H38O4/c1-7-8-9-10-11-23(3,4)18-13-20(27-5)22(21(14-18)28-6)24(26)15-17(2)12-19(25)16-24/h13-14,17,26H,7-12,15-16H2,1-6H3. The molecule has 2 rings (SSSR count). The number of Topliss-reactive ketones (excluding diaryl/α,β-unsaturated/α-hetero) is 1. The van der Waals surface area contributed by atoms with Crippen molar-refractivity contribution in [2.24, 2.45) is 5.92 Å². The summed E-state index contributed by atoms with van der Waals surface area (Å²) in [7, 11) is 3.24. The lowest BCUT2D eigenvalue weighted by molar-refractivity contribution is -0.131. The minimum Gasteiger partial charge on any atom is -0.496 e. The zero-order valence-corrected chi connectivity index (χ0v) is 18.6. The minimum absolute atomic E-state index is 0.0227. The summed E-state index contributed by atoms with van der Waals surface area (Å²) >= 11 is 0. The predicted molar refractivity (Wildman–Crippen MR) is 113 cm³/mol. The second-order valence-electron chi connectivity index (χ2n) is 9.21. The molecule has 0 saturated heterocycles. The maximum absolute atomic E-state index is 12.2. The van der Waals surface area contributed by atoms with Crippen molar-refractivity contribution in [2.75, 3.05) is 14.2 Å². The molecular weight excluding hydrogens is 352 g/mol. The number of aliphatic hydroxyl groups is 1. The van der Waals surface area contributed by atoms with Gasteiger partial charge in [-0.3, -0.25) is 4.79 Å². The van der Waals surface area contributed by atoms with Crippen LogP contribution in [0.25, 0.3) is 0 Å². The van der Waals surface area contributed by atoms with Crippen LogP contribution in [0.5, 0.6) is 11.5 Å². The Balaban J connectivity index is 2.42. The molecule has 1 saturated carbocycles. The van der Waals surface area contributed by atoms with Gasteiger partial charge in [0.05, 0.1) is 19.8 Å². The van der Waals surface area contributed by atoms with Crippen molar-refractivity contribution in [1.82, 2.24) is 0 Å². The van der Waals surface area contributed by atoms with Crippen molar-refractivity contribution in [1.29, 1.82) is 0 Å². The molecule has 0 heterocycles. The highest BCUT2D eigenvalue weighted by molar-refractivity contribution is 5.81. The van der Waals surface area contributed by atoms with Crippen LogP contribution in [0.3, 0.4) is 0 Å². The van der Waals surface area contributed by atoms with Crippen LogP contribution >= 0.6 is 0 Å². The molecule has 0 bridgehead atoms. The molecule has 1 aliphatic rings. The minimum atomic E-state index is -1.24. The maximum Gasteiger partial charge on any atom is 0.136 e. The van der Waals surface area contributed by atoms with Gasteiger partial charge in [0.1, 0.15) is 22.9 Å². The van der Waals surface area contributed by atoms with Gasteiger partial charge in [0.2, 0.25) is 0 Å². The summed E-state index contributed by atoms with van der Waals surface area (Å²) in [5, 5.41) is 11.4. The van der Waals surface area contributed by atoms with Gasteiger partial charge in [0.25, 0.3) is 0 Å². The second kappa shape index (κ2) is 9.30. The van der Waals surface area contributed by atoms with E-state index in [4.69, 9.17) is 9.47 Å². The number of methoxy groups -OCH3 is 2. The molecule has 4 nitrogen and oxygen atoms in total. The molecule has 2 atom stereocenters.